The van der Waals surface area contributed by atoms with Crippen LogP contribution in [0.4, 0.5) is 5.69 Å². The lowest BCUT2D eigenvalue weighted by molar-refractivity contribution is -0.118. The SMILES string of the molecule is CCCCNCc1ccc(OCC(=O)Nc2ccccc2)c(OCC)c1. The van der Waals surface area contributed by atoms with E-state index >= 15 is 0 Å². The highest BCUT2D eigenvalue weighted by atomic mass is 16.5. The summed E-state index contributed by atoms with van der Waals surface area (Å²) in [6.07, 6.45) is 2.34. The lowest BCUT2D eigenvalue weighted by Crippen LogP contribution is -2.20. The summed E-state index contributed by atoms with van der Waals surface area (Å²) in [7, 11) is 0. The highest BCUT2D eigenvalue weighted by molar-refractivity contribution is 5.91. The van der Waals surface area contributed by atoms with Crippen LogP contribution in [0.25, 0.3) is 0 Å². The Hall–Kier alpha value is -2.53. The minimum atomic E-state index is -0.205. The van der Waals surface area contributed by atoms with E-state index in [1.807, 2.05) is 55.5 Å². The molecule has 0 aliphatic rings. The van der Waals surface area contributed by atoms with Crippen LogP contribution in [0.2, 0.25) is 0 Å². The highest BCUT2D eigenvalue weighted by Gasteiger charge is 2.09. The predicted octanol–water partition coefficient (Wildman–Crippen LogP) is 3.99. The number of hydrogen-bond acceptors (Lipinski definition) is 4. The molecule has 0 unspecified atom stereocenters. The summed E-state index contributed by atoms with van der Waals surface area (Å²) in [5, 5.41) is 6.21. The van der Waals surface area contributed by atoms with Crippen molar-refractivity contribution in [3.63, 3.8) is 0 Å². The van der Waals surface area contributed by atoms with Gasteiger partial charge in [0.1, 0.15) is 0 Å². The van der Waals surface area contributed by atoms with Gasteiger partial charge in [-0.2, -0.15) is 0 Å². The number of hydrogen-bond donors (Lipinski definition) is 2. The Bertz CT molecular complexity index is 674. The number of carbonyl (C=O) groups excluding carboxylic acids is 1. The van der Waals surface area contributed by atoms with Crippen LogP contribution in [0.3, 0.4) is 0 Å². The maximum Gasteiger partial charge on any atom is 0.262 e. The number of ether oxygens (including phenoxy) is 2. The first-order valence-electron chi connectivity index (χ1n) is 9.17. The number of rotatable bonds is 11. The van der Waals surface area contributed by atoms with Crippen molar-refractivity contribution in [3.8, 4) is 11.5 Å². The highest BCUT2D eigenvalue weighted by Crippen LogP contribution is 2.28. The third-order valence-corrected chi connectivity index (χ3v) is 3.76. The van der Waals surface area contributed by atoms with E-state index in [-0.39, 0.29) is 12.5 Å². The molecule has 0 aromatic heterocycles. The molecule has 0 spiro atoms. The first-order valence-corrected chi connectivity index (χ1v) is 9.17. The average Bonchev–Trinajstić information content (AvgIpc) is 2.65. The lowest BCUT2D eigenvalue weighted by Gasteiger charge is -2.14. The van der Waals surface area contributed by atoms with E-state index in [0.717, 1.165) is 30.8 Å². The van der Waals surface area contributed by atoms with Gasteiger partial charge in [0, 0.05) is 12.2 Å². The molecule has 5 nitrogen and oxygen atoms in total. The third kappa shape index (κ3) is 6.76. The van der Waals surface area contributed by atoms with Gasteiger partial charge in [-0.15, -0.1) is 0 Å². The second kappa shape index (κ2) is 11.2. The minimum Gasteiger partial charge on any atom is -0.490 e. The van der Waals surface area contributed by atoms with Crippen molar-refractivity contribution >= 4 is 11.6 Å². The Morgan fingerprint density at radius 2 is 1.81 bits per heavy atom. The quantitative estimate of drug-likeness (QED) is 0.598. The van der Waals surface area contributed by atoms with E-state index < -0.39 is 0 Å². The second-order valence-corrected chi connectivity index (χ2v) is 5.95. The van der Waals surface area contributed by atoms with Crippen LogP contribution < -0.4 is 20.1 Å². The number of carbonyl (C=O) groups is 1. The molecule has 2 aromatic carbocycles. The molecule has 0 heterocycles. The van der Waals surface area contributed by atoms with E-state index in [9.17, 15) is 4.79 Å². The van der Waals surface area contributed by atoms with Crippen LogP contribution in [0.15, 0.2) is 48.5 Å². The van der Waals surface area contributed by atoms with Gasteiger partial charge in [-0.05, 0) is 49.7 Å². The molecule has 26 heavy (non-hydrogen) atoms. The Labute approximate surface area is 155 Å². The molecule has 140 valence electrons. The number of nitrogens with one attached hydrogen (secondary N) is 2. The molecule has 2 aromatic rings. The fourth-order valence-electron chi connectivity index (χ4n) is 2.45. The summed E-state index contributed by atoms with van der Waals surface area (Å²) >= 11 is 0. The molecule has 0 saturated carbocycles. The number of anilines is 1. The standard InChI is InChI=1S/C21H28N2O3/c1-3-5-13-22-15-17-11-12-19(20(14-17)25-4-2)26-16-21(24)23-18-9-7-6-8-10-18/h6-12,14,22H,3-5,13,15-16H2,1-2H3,(H,23,24). The molecular weight excluding hydrogens is 328 g/mol. The van der Waals surface area contributed by atoms with E-state index in [0.29, 0.717) is 18.1 Å². The van der Waals surface area contributed by atoms with Gasteiger partial charge >= 0.3 is 0 Å². The van der Waals surface area contributed by atoms with Gasteiger partial charge in [0.05, 0.1) is 6.61 Å². The molecule has 2 rings (SSSR count). The van der Waals surface area contributed by atoms with E-state index in [1.54, 1.807) is 0 Å². The van der Waals surface area contributed by atoms with Gasteiger partial charge in [0.2, 0.25) is 0 Å². The first-order chi connectivity index (χ1) is 12.7. The van der Waals surface area contributed by atoms with Crippen LogP contribution in [-0.4, -0.2) is 25.7 Å². The summed E-state index contributed by atoms with van der Waals surface area (Å²) in [5.41, 5.74) is 1.88. The normalized spacial score (nSPS) is 10.4. The molecule has 0 aliphatic carbocycles. The molecule has 0 bridgehead atoms. The van der Waals surface area contributed by atoms with Crippen LogP contribution in [0.1, 0.15) is 32.3 Å². The van der Waals surface area contributed by atoms with E-state index in [1.165, 1.54) is 6.42 Å². The second-order valence-electron chi connectivity index (χ2n) is 5.95. The molecule has 0 saturated heterocycles. The number of unbranched alkanes of at least 4 members (excludes halogenated alkanes) is 1. The number of para-hydroxylation sites is 1. The molecular formula is C21H28N2O3. The zero-order valence-corrected chi connectivity index (χ0v) is 15.6. The van der Waals surface area contributed by atoms with E-state index in [4.69, 9.17) is 9.47 Å². The van der Waals surface area contributed by atoms with Gasteiger partial charge in [0.25, 0.3) is 5.91 Å². The molecule has 0 atom stereocenters. The largest absolute Gasteiger partial charge is 0.490 e. The Balaban J connectivity index is 1.91. The first kappa shape index (κ1) is 19.8. The topological polar surface area (TPSA) is 59.6 Å². The van der Waals surface area contributed by atoms with Gasteiger partial charge in [-0.1, -0.05) is 37.6 Å². The molecule has 0 fully saturated rings. The monoisotopic (exact) mass is 356 g/mol. The summed E-state index contributed by atoms with van der Waals surface area (Å²) in [6.45, 7) is 6.36. The molecule has 0 aliphatic heterocycles. The molecule has 0 radical (unpaired) electrons. The summed E-state index contributed by atoms with van der Waals surface area (Å²) in [6, 6.07) is 15.1. The van der Waals surface area contributed by atoms with Crippen LogP contribution in [-0.2, 0) is 11.3 Å². The zero-order valence-electron chi connectivity index (χ0n) is 15.6. The maximum atomic E-state index is 12.0. The predicted molar refractivity (Wildman–Crippen MR) is 105 cm³/mol. The van der Waals surface area contributed by atoms with Gasteiger partial charge in [-0.25, -0.2) is 0 Å². The van der Waals surface area contributed by atoms with Crippen molar-refractivity contribution in [2.24, 2.45) is 0 Å². The molecule has 2 N–H and O–H groups in total. The maximum absolute atomic E-state index is 12.0. The zero-order chi connectivity index (χ0) is 18.6. The summed E-state index contributed by atoms with van der Waals surface area (Å²) in [4.78, 5) is 12.0. The Morgan fingerprint density at radius 3 is 2.54 bits per heavy atom. The van der Waals surface area contributed by atoms with Crippen molar-refractivity contribution in [2.75, 3.05) is 25.1 Å². The Morgan fingerprint density at radius 1 is 1.00 bits per heavy atom. The van der Waals surface area contributed by atoms with Gasteiger partial charge < -0.3 is 20.1 Å². The third-order valence-electron chi connectivity index (χ3n) is 3.76. The lowest BCUT2D eigenvalue weighted by atomic mass is 10.2. The smallest absolute Gasteiger partial charge is 0.262 e. The number of amides is 1. The van der Waals surface area contributed by atoms with Crippen molar-refractivity contribution in [3.05, 3.63) is 54.1 Å². The van der Waals surface area contributed by atoms with Crippen molar-refractivity contribution in [1.29, 1.82) is 0 Å². The van der Waals surface area contributed by atoms with Crippen LogP contribution >= 0.6 is 0 Å². The fraction of sp³-hybridized carbons (Fsp3) is 0.381. The van der Waals surface area contributed by atoms with Gasteiger partial charge in [-0.3, -0.25) is 4.79 Å². The van der Waals surface area contributed by atoms with Crippen LogP contribution in [0.5, 0.6) is 11.5 Å². The molecule has 1 amide bonds. The van der Waals surface area contributed by atoms with E-state index in [2.05, 4.69) is 17.6 Å². The fourth-order valence-corrected chi connectivity index (χ4v) is 2.45. The number of benzene rings is 2. The minimum absolute atomic E-state index is 0.0664. The summed E-state index contributed by atoms with van der Waals surface area (Å²) in [5.74, 6) is 1.03. The van der Waals surface area contributed by atoms with Gasteiger partial charge in [0.15, 0.2) is 18.1 Å². The Kier molecular flexibility index (Phi) is 8.49. The van der Waals surface area contributed by atoms with Crippen molar-refractivity contribution in [1.82, 2.24) is 5.32 Å². The summed E-state index contributed by atoms with van der Waals surface area (Å²) < 4.78 is 11.3. The molecule has 5 heteroatoms. The average molecular weight is 356 g/mol. The van der Waals surface area contributed by atoms with Crippen LogP contribution in [0, 0.1) is 0 Å². The van der Waals surface area contributed by atoms with Crippen molar-refractivity contribution in [2.45, 2.75) is 33.2 Å². The van der Waals surface area contributed by atoms with Crippen molar-refractivity contribution < 1.29 is 14.3 Å².